The fourth-order valence-corrected chi connectivity index (χ4v) is 2.42. The highest BCUT2D eigenvalue weighted by Crippen LogP contribution is 2.30. The summed E-state index contributed by atoms with van der Waals surface area (Å²) in [7, 11) is 0. The summed E-state index contributed by atoms with van der Waals surface area (Å²) in [4.78, 5) is 0. The van der Waals surface area contributed by atoms with Crippen LogP contribution in [-0.4, -0.2) is 17.8 Å². The zero-order valence-corrected chi connectivity index (χ0v) is 9.67. The van der Waals surface area contributed by atoms with Crippen LogP contribution in [-0.2, 0) is 4.74 Å². The van der Waals surface area contributed by atoms with Crippen molar-refractivity contribution in [3.05, 3.63) is 48.0 Å². The summed E-state index contributed by atoms with van der Waals surface area (Å²) in [5.41, 5.74) is 1.17. The minimum absolute atomic E-state index is 0.0448. The fourth-order valence-electron chi connectivity index (χ4n) is 2.42. The monoisotopic (exact) mass is 228 g/mol. The molecule has 1 N–H and O–H groups in total. The van der Waals surface area contributed by atoms with E-state index in [4.69, 9.17) is 4.74 Å². The molecule has 3 rings (SSSR count). The van der Waals surface area contributed by atoms with Crippen LogP contribution >= 0.6 is 0 Å². The fraction of sp³-hybridized carbons (Fsp3) is 0.333. The highest BCUT2D eigenvalue weighted by molar-refractivity contribution is 5.83. The van der Waals surface area contributed by atoms with Gasteiger partial charge in [0.25, 0.3) is 0 Å². The van der Waals surface area contributed by atoms with Crippen molar-refractivity contribution in [1.82, 2.24) is 0 Å². The normalized spacial score (nSPS) is 25.0. The smallest absolute Gasteiger partial charge is 0.0849 e. The minimum Gasteiger partial charge on any atom is -0.393 e. The lowest BCUT2D eigenvalue weighted by Gasteiger charge is -2.27. The SMILES string of the molecule is OC1CCOC(c2ccc3ccccc3c2)C1. The van der Waals surface area contributed by atoms with Crippen molar-refractivity contribution in [2.45, 2.75) is 25.0 Å². The van der Waals surface area contributed by atoms with E-state index in [-0.39, 0.29) is 12.2 Å². The van der Waals surface area contributed by atoms with Gasteiger partial charge in [0, 0.05) is 13.0 Å². The van der Waals surface area contributed by atoms with Gasteiger partial charge in [-0.05, 0) is 28.8 Å². The summed E-state index contributed by atoms with van der Waals surface area (Å²) in [6, 6.07) is 14.7. The molecule has 0 aliphatic carbocycles. The Hall–Kier alpha value is -1.38. The Morgan fingerprint density at radius 1 is 1.06 bits per heavy atom. The maximum absolute atomic E-state index is 9.67. The third-order valence-corrected chi connectivity index (χ3v) is 3.40. The van der Waals surface area contributed by atoms with Gasteiger partial charge in [0.2, 0.25) is 0 Å². The Morgan fingerprint density at radius 3 is 2.71 bits per heavy atom. The summed E-state index contributed by atoms with van der Waals surface area (Å²) in [5, 5.41) is 12.1. The van der Waals surface area contributed by atoms with E-state index in [1.165, 1.54) is 16.3 Å². The van der Waals surface area contributed by atoms with E-state index in [2.05, 4.69) is 30.3 Å². The number of aliphatic hydroxyl groups is 1. The van der Waals surface area contributed by atoms with Gasteiger partial charge in [0.05, 0.1) is 12.2 Å². The number of hydrogen-bond acceptors (Lipinski definition) is 2. The maximum Gasteiger partial charge on any atom is 0.0849 e. The van der Waals surface area contributed by atoms with E-state index >= 15 is 0 Å². The lowest BCUT2D eigenvalue weighted by Crippen LogP contribution is -2.23. The van der Waals surface area contributed by atoms with Crippen LogP contribution in [0.3, 0.4) is 0 Å². The first-order valence-electron chi connectivity index (χ1n) is 6.11. The molecule has 0 spiro atoms. The zero-order valence-electron chi connectivity index (χ0n) is 9.67. The Morgan fingerprint density at radius 2 is 1.88 bits per heavy atom. The van der Waals surface area contributed by atoms with Crippen LogP contribution in [0.4, 0.5) is 0 Å². The first-order valence-corrected chi connectivity index (χ1v) is 6.11. The highest BCUT2D eigenvalue weighted by atomic mass is 16.5. The van der Waals surface area contributed by atoms with Gasteiger partial charge in [-0.2, -0.15) is 0 Å². The van der Waals surface area contributed by atoms with Crippen LogP contribution in [0.2, 0.25) is 0 Å². The molecule has 1 aliphatic heterocycles. The standard InChI is InChI=1S/C15H16O2/c16-14-7-8-17-15(10-14)13-6-5-11-3-1-2-4-12(11)9-13/h1-6,9,14-16H,7-8,10H2. The molecule has 0 amide bonds. The summed E-state index contributed by atoms with van der Waals surface area (Å²) in [6.45, 7) is 0.651. The van der Waals surface area contributed by atoms with Gasteiger partial charge in [-0.25, -0.2) is 0 Å². The highest BCUT2D eigenvalue weighted by Gasteiger charge is 2.22. The van der Waals surface area contributed by atoms with Crippen LogP contribution < -0.4 is 0 Å². The van der Waals surface area contributed by atoms with Crippen molar-refractivity contribution in [3.63, 3.8) is 0 Å². The average Bonchev–Trinajstić information content (AvgIpc) is 2.38. The topological polar surface area (TPSA) is 29.5 Å². The number of ether oxygens (including phenoxy) is 1. The molecule has 0 bridgehead atoms. The molecule has 2 nitrogen and oxygen atoms in total. The first kappa shape index (κ1) is 10.8. The van der Waals surface area contributed by atoms with Gasteiger partial charge in [0.1, 0.15) is 0 Å². The summed E-state index contributed by atoms with van der Waals surface area (Å²) >= 11 is 0. The van der Waals surface area contributed by atoms with Crippen LogP contribution in [0.25, 0.3) is 10.8 Å². The first-order chi connectivity index (χ1) is 8.33. The Bertz CT molecular complexity index is 521. The van der Waals surface area contributed by atoms with Gasteiger partial charge in [-0.1, -0.05) is 36.4 Å². The molecule has 2 atom stereocenters. The molecule has 2 aromatic rings. The van der Waals surface area contributed by atoms with Gasteiger partial charge in [-0.3, -0.25) is 0 Å². The van der Waals surface area contributed by atoms with Gasteiger partial charge in [0.15, 0.2) is 0 Å². The Balaban J connectivity index is 1.94. The molecule has 2 aromatic carbocycles. The third-order valence-electron chi connectivity index (χ3n) is 3.40. The van der Waals surface area contributed by atoms with E-state index in [9.17, 15) is 5.11 Å². The molecule has 88 valence electrons. The molecular weight excluding hydrogens is 212 g/mol. The molecule has 1 saturated heterocycles. The predicted molar refractivity (Wildman–Crippen MR) is 67.9 cm³/mol. The van der Waals surface area contributed by atoms with Gasteiger partial charge < -0.3 is 9.84 Å². The van der Waals surface area contributed by atoms with Crippen molar-refractivity contribution in [2.24, 2.45) is 0 Å². The number of rotatable bonds is 1. The minimum atomic E-state index is -0.222. The van der Waals surface area contributed by atoms with Crippen LogP contribution in [0.1, 0.15) is 24.5 Å². The summed E-state index contributed by atoms with van der Waals surface area (Å²) in [6.07, 6.45) is 1.28. The molecule has 2 unspecified atom stereocenters. The second-order valence-electron chi connectivity index (χ2n) is 4.64. The molecule has 0 saturated carbocycles. The van der Waals surface area contributed by atoms with Crippen LogP contribution in [0.15, 0.2) is 42.5 Å². The molecule has 0 radical (unpaired) electrons. The van der Waals surface area contributed by atoms with Gasteiger partial charge >= 0.3 is 0 Å². The molecule has 1 fully saturated rings. The molecule has 1 aliphatic rings. The van der Waals surface area contributed by atoms with Crippen LogP contribution in [0.5, 0.6) is 0 Å². The predicted octanol–water partition coefficient (Wildman–Crippen LogP) is 3.05. The molecule has 17 heavy (non-hydrogen) atoms. The zero-order chi connectivity index (χ0) is 11.7. The number of hydrogen-bond donors (Lipinski definition) is 1. The lowest BCUT2D eigenvalue weighted by atomic mass is 9.97. The molecule has 1 heterocycles. The summed E-state index contributed by atoms with van der Waals surface area (Å²) < 4.78 is 5.72. The lowest BCUT2D eigenvalue weighted by molar-refractivity contribution is -0.0447. The van der Waals surface area contributed by atoms with Crippen molar-refractivity contribution in [1.29, 1.82) is 0 Å². The van der Waals surface area contributed by atoms with Crippen molar-refractivity contribution < 1.29 is 9.84 Å². The third kappa shape index (κ3) is 2.19. The van der Waals surface area contributed by atoms with E-state index in [0.717, 1.165) is 6.42 Å². The van der Waals surface area contributed by atoms with Crippen molar-refractivity contribution in [3.8, 4) is 0 Å². The molecular formula is C15H16O2. The van der Waals surface area contributed by atoms with Gasteiger partial charge in [-0.15, -0.1) is 0 Å². The molecule has 0 aromatic heterocycles. The van der Waals surface area contributed by atoms with Crippen molar-refractivity contribution in [2.75, 3.05) is 6.61 Å². The van der Waals surface area contributed by atoms with Crippen LogP contribution in [0, 0.1) is 0 Å². The number of benzene rings is 2. The maximum atomic E-state index is 9.67. The summed E-state index contributed by atoms with van der Waals surface area (Å²) in [5.74, 6) is 0. The second-order valence-corrected chi connectivity index (χ2v) is 4.64. The average molecular weight is 228 g/mol. The quantitative estimate of drug-likeness (QED) is 0.813. The Labute approximate surface area is 101 Å². The van der Waals surface area contributed by atoms with Crippen molar-refractivity contribution >= 4 is 10.8 Å². The molecule has 2 heteroatoms. The van der Waals surface area contributed by atoms with E-state index in [1.807, 2.05) is 12.1 Å². The Kier molecular flexibility index (Phi) is 2.83. The largest absolute Gasteiger partial charge is 0.393 e. The van der Waals surface area contributed by atoms with E-state index in [1.54, 1.807) is 0 Å². The van der Waals surface area contributed by atoms with E-state index in [0.29, 0.717) is 13.0 Å². The van der Waals surface area contributed by atoms with E-state index < -0.39 is 0 Å². The number of fused-ring (bicyclic) bond motifs is 1. The second kappa shape index (κ2) is 4.47. The number of aliphatic hydroxyl groups excluding tert-OH is 1.